The molecule has 0 atom stereocenters. The van der Waals surface area contributed by atoms with Gasteiger partial charge in [0.25, 0.3) is 0 Å². The molecule has 0 aliphatic carbocycles. The second kappa shape index (κ2) is 10.4. The first-order valence-electron chi connectivity index (χ1n) is 9.97. The Kier molecular flexibility index (Phi) is 7.35. The molecule has 1 aliphatic rings. The van der Waals surface area contributed by atoms with E-state index in [9.17, 15) is 4.79 Å². The molecule has 28 heavy (non-hydrogen) atoms. The Morgan fingerprint density at radius 2 is 1.71 bits per heavy atom. The van der Waals surface area contributed by atoms with Gasteiger partial charge in [-0.05, 0) is 31.2 Å². The number of hydrogen-bond acceptors (Lipinski definition) is 3. The molecule has 3 rings (SSSR count). The maximum atomic E-state index is 12.6. The molecular weight excluding hydrogens is 352 g/mol. The summed E-state index contributed by atoms with van der Waals surface area (Å²) in [6, 6.07) is 14.4. The van der Waals surface area contributed by atoms with Gasteiger partial charge >= 0.3 is 0 Å². The summed E-state index contributed by atoms with van der Waals surface area (Å²) >= 11 is 0. The van der Waals surface area contributed by atoms with Gasteiger partial charge in [0.2, 0.25) is 5.91 Å². The average Bonchev–Trinajstić information content (AvgIpc) is 3.26. The molecule has 1 amide bonds. The summed E-state index contributed by atoms with van der Waals surface area (Å²) in [4.78, 5) is 21.2. The lowest BCUT2D eigenvalue weighted by Crippen LogP contribution is -2.49. The summed E-state index contributed by atoms with van der Waals surface area (Å²) < 4.78 is 2.11. The molecule has 1 aliphatic heterocycles. The molecule has 0 unspecified atom stereocenters. The van der Waals surface area contributed by atoms with Gasteiger partial charge in [-0.1, -0.05) is 18.2 Å². The van der Waals surface area contributed by atoms with Gasteiger partial charge < -0.3 is 25.0 Å². The molecule has 0 saturated carbocycles. The molecule has 0 spiro atoms. The number of piperazine rings is 1. The smallest absolute Gasteiger partial charge is 0.244 e. The lowest BCUT2D eigenvalue weighted by Gasteiger charge is -2.36. The monoisotopic (exact) mass is 382 g/mol. The Morgan fingerprint density at radius 1 is 1.00 bits per heavy atom. The van der Waals surface area contributed by atoms with Gasteiger partial charge in [0.1, 0.15) is 6.54 Å². The van der Waals surface area contributed by atoms with E-state index in [1.807, 2.05) is 54.5 Å². The number of hydrogen-bond donors (Lipinski definition) is 2. The minimum Gasteiger partial charge on any atom is -0.368 e. The van der Waals surface area contributed by atoms with Crippen LogP contribution in [0.1, 0.15) is 6.92 Å². The van der Waals surface area contributed by atoms with Crippen molar-refractivity contribution in [2.24, 2.45) is 4.99 Å². The van der Waals surface area contributed by atoms with Crippen LogP contribution in [0, 0.1) is 0 Å². The number of carbonyl (C=O) groups is 1. The largest absolute Gasteiger partial charge is 0.368 e. The van der Waals surface area contributed by atoms with Gasteiger partial charge in [0.15, 0.2) is 5.96 Å². The summed E-state index contributed by atoms with van der Waals surface area (Å²) in [7, 11) is 0. The van der Waals surface area contributed by atoms with E-state index in [-0.39, 0.29) is 12.5 Å². The predicted molar refractivity (Wildman–Crippen MR) is 114 cm³/mol. The normalized spacial score (nSPS) is 14.8. The number of carbonyl (C=O) groups excluding carboxylic acids is 1. The minimum absolute atomic E-state index is 0.0790. The number of benzene rings is 1. The van der Waals surface area contributed by atoms with Crippen LogP contribution in [0.15, 0.2) is 59.9 Å². The number of nitrogens with zero attached hydrogens (tertiary/aromatic N) is 4. The zero-order valence-corrected chi connectivity index (χ0v) is 16.6. The van der Waals surface area contributed by atoms with E-state index in [0.29, 0.717) is 5.96 Å². The van der Waals surface area contributed by atoms with Crippen LogP contribution in [-0.2, 0) is 11.3 Å². The third-order valence-electron chi connectivity index (χ3n) is 4.80. The summed E-state index contributed by atoms with van der Waals surface area (Å²) in [5, 5.41) is 6.49. The third kappa shape index (κ3) is 5.77. The number of guanidine groups is 1. The first kappa shape index (κ1) is 19.8. The quantitative estimate of drug-likeness (QED) is 0.561. The molecule has 0 radical (unpaired) electrons. The average molecular weight is 383 g/mol. The fourth-order valence-corrected chi connectivity index (χ4v) is 3.26. The maximum absolute atomic E-state index is 12.6. The highest BCUT2D eigenvalue weighted by Gasteiger charge is 2.20. The zero-order chi connectivity index (χ0) is 19.6. The fraction of sp³-hybridized carbons (Fsp3) is 0.429. The molecule has 2 aromatic rings. The first-order chi connectivity index (χ1) is 13.8. The standard InChI is InChI=1S/C21H30N6O/c1-2-22-21(23-10-13-25-11-6-7-12-25)24-18-20(28)27-16-14-26(15-17-27)19-8-4-3-5-9-19/h3-9,11-12H,2,10,13-18H2,1H3,(H2,22,23,24). The van der Waals surface area contributed by atoms with Crippen LogP contribution in [0.4, 0.5) is 5.69 Å². The van der Waals surface area contributed by atoms with E-state index >= 15 is 0 Å². The zero-order valence-electron chi connectivity index (χ0n) is 16.6. The molecular formula is C21H30N6O. The first-order valence-corrected chi connectivity index (χ1v) is 9.97. The summed E-state index contributed by atoms with van der Waals surface area (Å²) in [5.74, 6) is 0.765. The number of nitrogens with one attached hydrogen (secondary N) is 2. The van der Waals surface area contributed by atoms with Gasteiger partial charge in [0, 0.05) is 63.9 Å². The van der Waals surface area contributed by atoms with Crippen molar-refractivity contribution in [3.8, 4) is 0 Å². The number of aromatic nitrogens is 1. The molecule has 2 heterocycles. The van der Waals surface area contributed by atoms with Crippen molar-refractivity contribution in [1.82, 2.24) is 20.1 Å². The van der Waals surface area contributed by atoms with Crippen LogP contribution in [0.5, 0.6) is 0 Å². The topological polar surface area (TPSA) is 64.9 Å². The number of aliphatic imine (C=N–C) groups is 1. The number of anilines is 1. The van der Waals surface area contributed by atoms with Crippen molar-refractivity contribution in [3.05, 3.63) is 54.9 Å². The lowest BCUT2D eigenvalue weighted by atomic mass is 10.2. The molecule has 1 aromatic carbocycles. The summed E-state index contributed by atoms with van der Waals surface area (Å²) in [6.45, 7) is 7.75. The van der Waals surface area contributed by atoms with Gasteiger partial charge in [-0.2, -0.15) is 0 Å². The molecule has 1 aromatic heterocycles. The van der Waals surface area contributed by atoms with Crippen LogP contribution in [0.25, 0.3) is 0 Å². The van der Waals surface area contributed by atoms with Crippen molar-refractivity contribution < 1.29 is 4.79 Å². The Balaban J connectivity index is 1.44. The van der Waals surface area contributed by atoms with Crippen molar-refractivity contribution in [2.45, 2.75) is 13.5 Å². The van der Waals surface area contributed by atoms with Crippen molar-refractivity contribution in [1.29, 1.82) is 0 Å². The number of rotatable bonds is 7. The van der Waals surface area contributed by atoms with Gasteiger partial charge in [0.05, 0.1) is 0 Å². The van der Waals surface area contributed by atoms with Gasteiger partial charge in [-0.3, -0.25) is 4.79 Å². The van der Waals surface area contributed by atoms with E-state index in [1.54, 1.807) is 0 Å². The van der Waals surface area contributed by atoms with E-state index in [0.717, 1.165) is 45.8 Å². The highest BCUT2D eigenvalue weighted by molar-refractivity contribution is 5.85. The molecule has 7 heteroatoms. The van der Waals surface area contributed by atoms with Crippen molar-refractivity contribution in [2.75, 3.05) is 50.7 Å². The van der Waals surface area contributed by atoms with Crippen molar-refractivity contribution in [3.63, 3.8) is 0 Å². The third-order valence-corrected chi connectivity index (χ3v) is 4.80. The Bertz CT molecular complexity index is 736. The Morgan fingerprint density at radius 3 is 2.39 bits per heavy atom. The van der Waals surface area contributed by atoms with Gasteiger partial charge in [-0.15, -0.1) is 0 Å². The molecule has 7 nitrogen and oxygen atoms in total. The van der Waals surface area contributed by atoms with Crippen LogP contribution < -0.4 is 15.5 Å². The van der Waals surface area contributed by atoms with Gasteiger partial charge in [-0.25, -0.2) is 4.99 Å². The molecule has 1 fully saturated rings. The van der Waals surface area contributed by atoms with Crippen LogP contribution in [0.3, 0.4) is 0 Å². The second-order valence-corrected chi connectivity index (χ2v) is 6.75. The Hall–Kier alpha value is -2.96. The van der Waals surface area contributed by atoms with E-state index in [1.165, 1.54) is 5.69 Å². The summed E-state index contributed by atoms with van der Waals surface area (Å²) in [5.41, 5.74) is 1.22. The maximum Gasteiger partial charge on any atom is 0.244 e. The lowest BCUT2D eigenvalue weighted by molar-refractivity contribution is -0.129. The molecule has 150 valence electrons. The molecule has 1 saturated heterocycles. The second-order valence-electron chi connectivity index (χ2n) is 6.75. The van der Waals surface area contributed by atoms with E-state index < -0.39 is 0 Å². The molecule has 2 N–H and O–H groups in total. The van der Waals surface area contributed by atoms with Crippen molar-refractivity contribution >= 4 is 17.6 Å². The fourth-order valence-electron chi connectivity index (χ4n) is 3.26. The minimum atomic E-state index is 0.0790. The summed E-state index contributed by atoms with van der Waals surface area (Å²) in [6.07, 6.45) is 4.06. The number of amides is 1. The Labute approximate surface area is 167 Å². The van der Waals surface area contributed by atoms with Crippen LogP contribution >= 0.6 is 0 Å². The highest BCUT2D eigenvalue weighted by Crippen LogP contribution is 2.15. The molecule has 0 bridgehead atoms. The number of para-hydroxylation sites is 1. The van der Waals surface area contributed by atoms with E-state index in [2.05, 4.69) is 37.2 Å². The van der Waals surface area contributed by atoms with Crippen LogP contribution in [-0.4, -0.2) is 67.1 Å². The van der Waals surface area contributed by atoms with E-state index in [4.69, 9.17) is 0 Å². The highest BCUT2D eigenvalue weighted by atomic mass is 16.2. The van der Waals surface area contributed by atoms with Crippen LogP contribution in [0.2, 0.25) is 0 Å². The SMILES string of the molecule is CCNC(=NCC(=O)N1CCN(c2ccccc2)CC1)NCCn1cccc1. The predicted octanol–water partition coefficient (Wildman–Crippen LogP) is 1.39.